The second-order valence-electron chi connectivity index (χ2n) is 4.79. The maximum absolute atomic E-state index is 12.1. The summed E-state index contributed by atoms with van der Waals surface area (Å²) < 4.78 is 1.44. The molecule has 0 bridgehead atoms. The van der Waals surface area contributed by atoms with E-state index < -0.39 is 0 Å². The van der Waals surface area contributed by atoms with Crippen LogP contribution in [0.5, 0.6) is 0 Å². The highest BCUT2D eigenvalue weighted by molar-refractivity contribution is 7.09. The van der Waals surface area contributed by atoms with Crippen LogP contribution in [0.1, 0.15) is 15.4 Å². The van der Waals surface area contributed by atoms with Gasteiger partial charge < -0.3 is 5.32 Å². The normalized spacial score (nSPS) is 10.7. The third-order valence-electron chi connectivity index (χ3n) is 3.20. The standard InChI is InChI=1S/C15H12Cl2N4OS/c1-21-14(17)11(6-19-21)15(22)18-7-13-20-12(8-23-13)9-2-4-10(16)5-3-9/h2-6,8H,7H2,1H3,(H,18,22). The minimum Gasteiger partial charge on any atom is -0.345 e. The fraction of sp³-hybridized carbons (Fsp3) is 0.133. The number of rotatable bonds is 4. The van der Waals surface area contributed by atoms with Crippen LogP contribution in [0.15, 0.2) is 35.8 Å². The van der Waals surface area contributed by atoms with Gasteiger partial charge in [-0.3, -0.25) is 9.48 Å². The molecule has 0 unspecified atom stereocenters. The molecule has 0 atom stereocenters. The van der Waals surface area contributed by atoms with Crippen molar-refractivity contribution in [2.24, 2.45) is 7.05 Å². The summed E-state index contributed by atoms with van der Waals surface area (Å²) in [5.41, 5.74) is 2.19. The molecule has 0 saturated heterocycles. The summed E-state index contributed by atoms with van der Waals surface area (Å²) in [6.07, 6.45) is 1.44. The Morgan fingerprint density at radius 1 is 1.30 bits per heavy atom. The zero-order chi connectivity index (χ0) is 16.4. The molecule has 0 aliphatic carbocycles. The largest absolute Gasteiger partial charge is 0.345 e. The third kappa shape index (κ3) is 3.55. The van der Waals surface area contributed by atoms with Gasteiger partial charge in [0.25, 0.3) is 5.91 Å². The van der Waals surface area contributed by atoms with Gasteiger partial charge in [0, 0.05) is 23.0 Å². The molecular weight excluding hydrogens is 355 g/mol. The fourth-order valence-electron chi connectivity index (χ4n) is 1.97. The summed E-state index contributed by atoms with van der Waals surface area (Å²) in [6, 6.07) is 7.47. The number of nitrogens with one attached hydrogen (secondary N) is 1. The first-order valence-corrected chi connectivity index (χ1v) is 8.34. The number of benzene rings is 1. The number of aryl methyl sites for hydroxylation is 1. The Kier molecular flexibility index (Phi) is 4.66. The lowest BCUT2D eigenvalue weighted by Gasteiger charge is -2.01. The van der Waals surface area contributed by atoms with Crippen molar-refractivity contribution in [3.8, 4) is 11.3 Å². The molecule has 0 fully saturated rings. The van der Waals surface area contributed by atoms with Crippen LogP contribution in [-0.4, -0.2) is 20.7 Å². The molecule has 2 heterocycles. The topological polar surface area (TPSA) is 59.8 Å². The van der Waals surface area contributed by atoms with Gasteiger partial charge in [0.2, 0.25) is 0 Å². The Morgan fingerprint density at radius 2 is 2.04 bits per heavy atom. The highest BCUT2D eigenvalue weighted by Gasteiger charge is 2.14. The van der Waals surface area contributed by atoms with Crippen LogP contribution in [0.4, 0.5) is 0 Å². The van der Waals surface area contributed by atoms with Crippen LogP contribution in [0.2, 0.25) is 10.2 Å². The highest BCUT2D eigenvalue weighted by Crippen LogP contribution is 2.23. The summed E-state index contributed by atoms with van der Waals surface area (Å²) in [6.45, 7) is 0.336. The number of nitrogens with zero attached hydrogens (tertiary/aromatic N) is 3. The number of amides is 1. The number of thiazole rings is 1. The average molecular weight is 367 g/mol. The Balaban J connectivity index is 1.66. The molecule has 1 aromatic carbocycles. The van der Waals surface area contributed by atoms with Crippen molar-refractivity contribution in [1.29, 1.82) is 0 Å². The molecule has 1 N–H and O–H groups in total. The van der Waals surface area contributed by atoms with Gasteiger partial charge in [-0.25, -0.2) is 4.98 Å². The zero-order valence-electron chi connectivity index (χ0n) is 12.1. The van der Waals surface area contributed by atoms with Gasteiger partial charge in [0.15, 0.2) is 0 Å². The summed E-state index contributed by atoms with van der Waals surface area (Å²) in [5.74, 6) is -0.272. The molecule has 0 spiro atoms. The Bertz CT molecular complexity index is 842. The van der Waals surface area contributed by atoms with Crippen molar-refractivity contribution in [1.82, 2.24) is 20.1 Å². The van der Waals surface area contributed by atoms with Gasteiger partial charge >= 0.3 is 0 Å². The van der Waals surface area contributed by atoms with E-state index in [1.54, 1.807) is 7.05 Å². The molecule has 5 nitrogen and oxygen atoms in total. The molecule has 1 amide bonds. The van der Waals surface area contributed by atoms with Crippen LogP contribution >= 0.6 is 34.5 Å². The van der Waals surface area contributed by atoms with Crippen LogP contribution < -0.4 is 5.32 Å². The van der Waals surface area contributed by atoms with Crippen LogP contribution in [-0.2, 0) is 13.6 Å². The quantitative estimate of drug-likeness (QED) is 0.764. The molecular formula is C15H12Cl2N4OS. The van der Waals surface area contributed by atoms with E-state index in [-0.39, 0.29) is 5.91 Å². The third-order valence-corrected chi connectivity index (χ3v) is 4.75. The first kappa shape index (κ1) is 16.0. The molecule has 23 heavy (non-hydrogen) atoms. The van der Waals surface area contributed by atoms with Gasteiger partial charge in [-0.1, -0.05) is 35.3 Å². The Morgan fingerprint density at radius 3 is 2.70 bits per heavy atom. The lowest BCUT2D eigenvalue weighted by Crippen LogP contribution is -2.22. The summed E-state index contributed by atoms with van der Waals surface area (Å²) >= 11 is 13.4. The van der Waals surface area contributed by atoms with Gasteiger partial charge in [0.05, 0.1) is 24.0 Å². The fourth-order valence-corrected chi connectivity index (χ4v) is 3.02. The van der Waals surface area contributed by atoms with E-state index in [0.717, 1.165) is 16.3 Å². The molecule has 3 rings (SSSR count). The monoisotopic (exact) mass is 366 g/mol. The lowest BCUT2D eigenvalue weighted by molar-refractivity contribution is 0.0951. The number of carbonyl (C=O) groups excluding carboxylic acids is 1. The number of hydrogen-bond donors (Lipinski definition) is 1. The molecule has 0 radical (unpaired) electrons. The number of carbonyl (C=O) groups is 1. The predicted molar refractivity (Wildman–Crippen MR) is 91.9 cm³/mol. The van der Waals surface area contributed by atoms with E-state index in [9.17, 15) is 4.79 Å². The first-order valence-electron chi connectivity index (χ1n) is 6.70. The van der Waals surface area contributed by atoms with E-state index in [1.165, 1.54) is 22.2 Å². The molecule has 0 aliphatic heterocycles. The maximum atomic E-state index is 12.1. The summed E-state index contributed by atoms with van der Waals surface area (Å²) in [5, 5.41) is 10.5. The van der Waals surface area contributed by atoms with E-state index in [2.05, 4.69) is 15.4 Å². The lowest BCUT2D eigenvalue weighted by atomic mass is 10.2. The smallest absolute Gasteiger partial charge is 0.256 e. The predicted octanol–water partition coefficient (Wildman–Crippen LogP) is 3.78. The maximum Gasteiger partial charge on any atom is 0.256 e. The first-order chi connectivity index (χ1) is 11.0. The number of halogens is 2. The van der Waals surface area contributed by atoms with E-state index >= 15 is 0 Å². The van der Waals surface area contributed by atoms with E-state index in [4.69, 9.17) is 23.2 Å². The molecule has 0 aliphatic rings. The van der Waals surface area contributed by atoms with Crippen molar-refractivity contribution in [2.75, 3.05) is 0 Å². The van der Waals surface area contributed by atoms with Crippen molar-refractivity contribution in [2.45, 2.75) is 6.54 Å². The SMILES string of the molecule is Cn1ncc(C(=O)NCc2nc(-c3ccc(Cl)cc3)cs2)c1Cl. The molecule has 2 aromatic heterocycles. The van der Waals surface area contributed by atoms with Crippen molar-refractivity contribution < 1.29 is 4.79 Å². The Hall–Kier alpha value is -1.89. The molecule has 0 saturated carbocycles. The molecule has 8 heteroatoms. The number of aromatic nitrogens is 3. The number of hydrogen-bond acceptors (Lipinski definition) is 4. The van der Waals surface area contributed by atoms with Gasteiger partial charge in [-0.2, -0.15) is 5.10 Å². The minimum atomic E-state index is -0.272. The summed E-state index contributed by atoms with van der Waals surface area (Å²) in [7, 11) is 1.68. The highest BCUT2D eigenvalue weighted by atomic mass is 35.5. The summed E-state index contributed by atoms with van der Waals surface area (Å²) in [4.78, 5) is 16.6. The van der Waals surface area contributed by atoms with Gasteiger partial charge in [-0.05, 0) is 12.1 Å². The second-order valence-corrected chi connectivity index (χ2v) is 6.53. The Labute approximate surface area is 146 Å². The second kappa shape index (κ2) is 6.70. The van der Waals surface area contributed by atoms with Crippen molar-refractivity contribution >= 4 is 40.4 Å². The van der Waals surface area contributed by atoms with Crippen molar-refractivity contribution in [3.05, 3.63) is 56.6 Å². The molecule has 118 valence electrons. The van der Waals surface area contributed by atoms with E-state index in [0.29, 0.717) is 22.3 Å². The van der Waals surface area contributed by atoms with Crippen molar-refractivity contribution in [3.63, 3.8) is 0 Å². The van der Waals surface area contributed by atoms with Crippen LogP contribution in [0.25, 0.3) is 11.3 Å². The minimum absolute atomic E-state index is 0.272. The van der Waals surface area contributed by atoms with Gasteiger partial charge in [0.1, 0.15) is 10.2 Å². The zero-order valence-corrected chi connectivity index (χ0v) is 14.4. The van der Waals surface area contributed by atoms with Crippen LogP contribution in [0, 0.1) is 0 Å². The van der Waals surface area contributed by atoms with E-state index in [1.807, 2.05) is 29.6 Å². The van der Waals surface area contributed by atoms with Gasteiger partial charge in [-0.15, -0.1) is 11.3 Å². The van der Waals surface area contributed by atoms with Crippen LogP contribution in [0.3, 0.4) is 0 Å². The average Bonchev–Trinajstić information content (AvgIpc) is 3.14. The molecule has 3 aromatic rings.